The highest BCUT2D eigenvalue weighted by Crippen LogP contribution is 2.15. The molecule has 5 nitrogen and oxygen atoms in total. The van der Waals surface area contributed by atoms with Gasteiger partial charge in [-0.05, 0) is 12.5 Å². The van der Waals surface area contributed by atoms with Crippen molar-refractivity contribution in [3.63, 3.8) is 0 Å². The molecule has 1 rings (SSSR count). The lowest BCUT2D eigenvalue weighted by Gasteiger charge is -2.18. The Morgan fingerprint density at radius 2 is 2.12 bits per heavy atom. The molecule has 0 saturated carbocycles. The van der Waals surface area contributed by atoms with Gasteiger partial charge >= 0.3 is 5.97 Å². The van der Waals surface area contributed by atoms with Crippen LogP contribution in [0.4, 0.5) is 0 Å². The highest BCUT2D eigenvalue weighted by atomic mass is 16.5. The van der Waals surface area contributed by atoms with Crippen molar-refractivity contribution in [2.45, 2.75) is 19.3 Å². The van der Waals surface area contributed by atoms with Gasteiger partial charge in [0, 0.05) is 0 Å². The Kier molecular flexibility index (Phi) is 3.94. The number of benzene rings is 1. The summed E-state index contributed by atoms with van der Waals surface area (Å²) in [4.78, 5) is 24.1. The molecule has 0 aliphatic heterocycles. The standard InChI is InChI=1S/C11H11NO4/c1-11(10(14)15,12-8-13)16-7-9-5-3-2-4-6-9/h2-6H,7H2,1H3,(H,14,15)/t11-/m0/s1. The molecule has 0 amide bonds. The zero-order valence-corrected chi connectivity index (χ0v) is 8.71. The van der Waals surface area contributed by atoms with Crippen LogP contribution in [0.25, 0.3) is 0 Å². The number of hydrogen-bond donors (Lipinski definition) is 1. The SMILES string of the molecule is C[C@](N=C=O)(OCc1ccccc1)C(=O)O. The van der Waals surface area contributed by atoms with Crippen molar-refractivity contribution in [1.29, 1.82) is 0 Å². The van der Waals surface area contributed by atoms with Crippen LogP contribution in [0.1, 0.15) is 12.5 Å². The van der Waals surface area contributed by atoms with Crippen molar-refractivity contribution < 1.29 is 19.4 Å². The summed E-state index contributed by atoms with van der Waals surface area (Å²) in [6.45, 7) is 1.26. The van der Waals surface area contributed by atoms with E-state index in [9.17, 15) is 9.59 Å². The lowest BCUT2D eigenvalue weighted by atomic mass is 10.2. The number of ether oxygens (including phenoxy) is 1. The molecule has 0 unspecified atom stereocenters. The first-order chi connectivity index (χ1) is 7.58. The molecule has 1 N–H and O–H groups in total. The third-order valence-corrected chi connectivity index (χ3v) is 2.02. The van der Waals surface area contributed by atoms with Gasteiger partial charge < -0.3 is 9.84 Å². The van der Waals surface area contributed by atoms with E-state index >= 15 is 0 Å². The maximum absolute atomic E-state index is 10.8. The Bertz CT molecular complexity index is 407. The van der Waals surface area contributed by atoms with Crippen LogP contribution in [0, 0.1) is 0 Å². The number of aliphatic imine (C=N–C) groups is 1. The van der Waals surface area contributed by atoms with Crippen LogP contribution in [-0.2, 0) is 20.9 Å². The summed E-state index contributed by atoms with van der Waals surface area (Å²) >= 11 is 0. The van der Waals surface area contributed by atoms with E-state index in [2.05, 4.69) is 4.99 Å². The predicted octanol–water partition coefficient (Wildman–Crippen LogP) is 1.34. The number of carbonyl (C=O) groups excluding carboxylic acids is 1. The summed E-state index contributed by atoms with van der Waals surface area (Å²) in [5.41, 5.74) is -1.08. The number of aliphatic carboxylic acids is 1. The highest BCUT2D eigenvalue weighted by molar-refractivity contribution is 5.77. The Labute approximate surface area is 92.4 Å². The first-order valence-corrected chi connectivity index (χ1v) is 4.59. The number of carboxylic acid groups (broad SMARTS) is 1. The number of carboxylic acids is 1. The third-order valence-electron chi connectivity index (χ3n) is 2.02. The normalized spacial score (nSPS) is 13.6. The monoisotopic (exact) mass is 221 g/mol. The number of nitrogens with zero attached hydrogens (tertiary/aromatic N) is 1. The van der Waals surface area contributed by atoms with Gasteiger partial charge in [-0.2, -0.15) is 4.99 Å². The van der Waals surface area contributed by atoms with E-state index in [1.165, 1.54) is 13.0 Å². The molecule has 0 aliphatic carbocycles. The minimum absolute atomic E-state index is 0.0643. The molecular formula is C11H11NO4. The van der Waals surface area contributed by atoms with E-state index in [0.29, 0.717) is 0 Å². The zero-order valence-electron chi connectivity index (χ0n) is 8.71. The summed E-state index contributed by atoms with van der Waals surface area (Å²) in [5.74, 6) is -1.33. The molecule has 1 aromatic rings. The Hall–Kier alpha value is -1.97. The summed E-state index contributed by atoms with van der Waals surface area (Å²) in [6, 6.07) is 9.02. The number of carbonyl (C=O) groups is 1. The molecule has 0 saturated heterocycles. The van der Waals surface area contributed by atoms with Gasteiger partial charge in [0.2, 0.25) is 6.08 Å². The first kappa shape index (κ1) is 12.1. The lowest BCUT2D eigenvalue weighted by molar-refractivity contribution is -0.164. The topological polar surface area (TPSA) is 76.0 Å². The summed E-state index contributed by atoms with van der Waals surface area (Å²) in [7, 11) is 0. The molecule has 1 atom stereocenters. The molecule has 0 aromatic heterocycles. The van der Waals surface area contributed by atoms with Gasteiger partial charge in [0.25, 0.3) is 5.72 Å². The van der Waals surface area contributed by atoms with Gasteiger partial charge in [0.1, 0.15) is 0 Å². The molecule has 0 bridgehead atoms. The average molecular weight is 221 g/mol. The summed E-state index contributed by atoms with van der Waals surface area (Å²) < 4.78 is 5.09. The van der Waals surface area contributed by atoms with Crippen LogP contribution in [0.2, 0.25) is 0 Å². The average Bonchev–Trinajstić information content (AvgIpc) is 2.28. The van der Waals surface area contributed by atoms with E-state index < -0.39 is 11.7 Å². The Morgan fingerprint density at radius 3 is 2.62 bits per heavy atom. The molecule has 0 fully saturated rings. The molecule has 0 spiro atoms. The minimum atomic E-state index is -1.88. The van der Waals surface area contributed by atoms with Crippen molar-refractivity contribution in [2.75, 3.05) is 0 Å². The van der Waals surface area contributed by atoms with Crippen LogP contribution in [0.15, 0.2) is 35.3 Å². The second-order valence-electron chi connectivity index (χ2n) is 3.27. The van der Waals surface area contributed by atoms with E-state index in [1.807, 2.05) is 6.07 Å². The quantitative estimate of drug-likeness (QED) is 0.601. The van der Waals surface area contributed by atoms with E-state index in [4.69, 9.17) is 9.84 Å². The summed E-state index contributed by atoms with van der Waals surface area (Å²) in [6.07, 6.45) is 1.20. The van der Waals surface area contributed by atoms with Gasteiger partial charge in [-0.1, -0.05) is 30.3 Å². The van der Waals surface area contributed by atoms with E-state index in [0.717, 1.165) is 5.56 Å². The zero-order chi connectivity index (χ0) is 12.0. The van der Waals surface area contributed by atoms with Crippen molar-refractivity contribution in [3.05, 3.63) is 35.9 Å². The fourth-order valence-corrected chi connectivity index (χ4v) is 1.03. The van der Waals surface area contributed by atoms with Crippen molar-refractivity contribution >= 4 is 12.0 Å². The molecule has 0 heterocycles. The van der Waals surface area contributed by atoms with Crippen LogP contribution in [0.5, 0.6) is 0 Å². The number of rotatable bonds is 5. The van der Waals surface area contributed by atoms with Gasteiger partial charge in [0.05, 0.1) is 6.61 Å². The summed E-state index contributed by atoms with van der Waals surface area (Å²) in [5, 5.41) is 8.84. The molecule has 0 radical (unpaired) electrons. The maximum Gasteiger partial charge on any atom is 0.359 e. The van der Waals surface area contributed by atoms with Crippen molar-refractivity contribution in [1.82, 2.24) is 0 Å². The highest BCUT2D eigenvalue weighted by Gasteiger charge is 2.34. The first-order valence-electron chi connectivity index (χ1n) is 4.59. The molecule has 0 aliphatic rings. The van der Waals surface area contributed by atoms with Gasteiger partial charge in [-0.3, -0.25) is 0 Å². The van der Waals surface area contributed by atoms with Crippen LogP contribution in [-0.4, -0.2) is 22.9 Å². The lowest BCUT2D eigenvalue weighted by Crippen LogP contribution is -2.36. The van der Waals surface area contributed by atoms with Crippen LogP contribution in [0.3, 0.4) is 0 Å². The molecule has 5 heteroatoms. The predicted molar refractivity (Wildman–Crippen MR) is 55.4 cm³/mol. The fourth-order valence-electron chi connectivity index (χ4n) is 1.03. The third kappa shape index (κ3) is 3.02. The smallest absolute Gasteiger partial charge is 0.359 e. The number of hydrogen-bond acceptors (Lipinski definition) is 4. The molecule has 16 heavy (non-hydrogen) atoms. The van der Waals surface area contributed by atoms with Gasteiger partial charge in [0.15, 0.2) is 0 Å². The van der Waals surface area contributed by atoms with E-state index in [1.54, 1.807) is 24.3 Å². The van der Waals surface area contributed by atoms with Crippen LogP contribution >= 0.6 is 0 Å². The molecule has 84 valence electrons. The van der Waals surface area contributed by atoms with E-state index in [-0.39, 0.29) is 6.61 Å². The Morgan fingerprint density at radius 1 is 1.50 bits per heavy atom. The minimum Gasteiger partial charge on any atom is -0.478 e. The number of isocyanates is 1. The van der Waals surface area contributed by atoms with Crippen molar-refractivity contribution in [2.24, 2.45) is 4.99 Å². The van der Waals surface area contributed by atoms with Crippen LogP contribution < -0.4 is 0 Å². The largest absolute Gasteiger partial charge is 0.478 e. The van der Waals surface area contributed by atoms with Gasteiger partial charge in [-0.25, -0.2) is 9.59 Å². The molecule has 1 aromatic carbocycles. The second kappa shape index (κ2) is 5.21. The maximum atomic E-state index is 10.8. The fraction of sp³-hybridized carbons (Fsp3) is 0.273. The van der Waals surface area contributed by atoms with Crippen molar-refractivity contribution in [3.8, 4) is 0 Å². The molecular weight excluding hydrogens is 210 g/mol. The second-order valence-corrected chi connectivity index (χ2v) is 3.27. The Balaban J connectivity index is 2.72. The van der Waals surface area contributed by atoms with Gasteiger partial charge in [-0.15, -0.1) is 0 Å².